The first-order chi connectivity index (χ1) is 13.6. The highest BCUT2D eigenvalue weighted by Crippen LogP contribution is 2.46. The molecule has 2 heterocycles. The van der Waals surface area contributed by atoms with Gasteiger partial charge in [-0.1, -0.05) is 38.5 Å². The van der Waals surface area contributed by atoms with Crippen LogP contribution in [0.2, 0.25) is 0 Å². The third kappa shape index (κ3) is 3.53. The van der Waals surface area contributed by atoms with E-state index in [-0.39, 0.29) is 23.8 Å². The Labute approximate surface area is 172 Å². The highest BCUT2D eigenvalue weighted by atomic mass is 16.2. The number of urea groups is 1. The van der Waals surface area contributed by atoms with E-state index in [1.165, 1.54) is 5.56 Å². The summed E-state index contributed by atoms with van der Waals surface area (Å²) in [5.74, 6) is -0.0917. The number of imide groups is 1. The molecule has 6 nitrogen and oxygen atoms in total. The molecule has 4 amide bonds. The minimum Gasteiger partial charge on any atom is -0.323 e. The Hall–Kier alpha value is -2.37. The molecule has 3 aliphatic rings. The fourth-order valence-electron chi connectivity index (χ4n) is 5.86. The van der Waals surface area contributed by atoms with Crippen molar-refractivity contribution in [2.45, 2.75) is 65.3 Å². The molecular weight excluding hydrogens is 366 g/mol. The Morgan fingerprint density at radius 3 is 2.72 bits per heavy atom. The zero-order valence-corrected chi connectivity index (χ0v) is 17.9. The first kappa shape index (κ1) is 19.9. The Morgan fingerprint density at radius 2 is 2.00 bits per heavy atom. The fourth-order valence-corrected chi connectivity index (χ4v) is 5.86. The third-order valence-electron chi connectivity index (χ3n) is 6.57. The molecule has 1 aromatic rings. The highest BCUT2D eigenvalue weighted by molar-refractivity contribution is 6.10. The first-order valence-corrected chi connectivity index (χ1v) is 10.6. The average molecular weight is 398 g/mol. The maximum Gasteiger partial charge on any atom is 0.325 e. The largest absolute Gasteiger partial charge is 0.325 e. The van der Waals surface area contributed by atoms with Crippen LogP contribution in [-0.4, -0.2) is 41.4 Å². The van der Waals surface area contributed by atoms with Crippen LogP contribution in [0.5, 0.6) is 0 Å². The standard InChI is InChI=1S/C23H31N3O3/c1-15-7-8-18-17(10-15)6-5-9-25(18)19(27)13-26-20(28)23(24-21(26)29)12-16(2)11-22(3,4)14-23/h7-8,10,16H,5-6,9,11-14H2,1-4H3,(H,24,29)/t16-,23+/m0/s1. The van der Waals surface area contributed by atoms with Crippen molar-refractivity contribution in [1.82, 2.24) is 10.2 Å². The number of amides is 4. The number of aryl methyl sites for hydroxylation is 2. The molecule has 1 saturated carbocycles. The van der Waals surface area contributed by atoms with Crippen molar-refractivity contribution in [3.8, 4) is 0 Å². The lowest BCUT2D eigenvalue weighted by atomic mass is 9.64. The summed E-state index contributed by atoms with van der Waals surface area (Å²) in [6.07, 6.45) is 4.11. The van der Waals surface area contributed by atoms with Crippen LogP contribution in [0.25, 0.3) is 0 Å². The summed E-state index contributed by atoms with van der Waals surface area (Å²) in [7, 11) is 0. The summed E-state index contributed by atoms with van der Waals surface area (Å²) in [4.78, 5) is 42.0. The van der Waals surface area contributed by atoms with Gasteiger partial charge in [0.25, 0.3) is 5.91 Å². The summed E-state index contributed by atoms with van der Waals surface area (Å²) in [6, 6.07) is 5.65. The lowest BCUT2D eigenvalue weighted by Gasteiger charge is -2.43. The summed E-state index contributed by atoms with van der Waals surface area (Å²) in [6.45, 7) is 8.87. The molecule has 1 aromatic carbocycles. The van der Waals surface area contributed by atoms with E-state index in [9.17, 15) is 14.4 Å². The lowest BCUT2D eigenvalue weighted by Crippen LogP contribution is -2.54. The number of hydrogen-bond acceptors (Lipinski definition) is 3. The van der Waals surface area contributed by atoms with E-state index >= 15 is 0 Å². The fraction of sp³-hybridized carbons (Fsp3) is 0.609. The van der Waals surface area contributed by atoms with Crippen LogP contribution in [0.15, 0.2) is 18.2 Å². The van der Waals surface area contributed by atoms with E-state index in [1.807, 2.05) is 19.1 Å². The van der Waals surface area contributed by atoms with Crippen LogP contribution in [0.3, 0.4) is 0 Å². The van der Waals surface area contributed by atoms with Gasteiger partial charge in [-0.2, -0.15) is 0 Å². The van der Waals surface area contributed by atoms with Gasteiger partial charge in [0.1, 0.15) is 12.1 Å². The van der Waals surface area contributed by atoms with Crippen molar-refractivity contribution < 1.29 is 14.4 Å². The topological polar surface area (TPSA) is 69.7 Å². The van der Waals surface area contributed by atoms with Gasteiger partial charge in [-0.05, 0) is 62.0 Å². The Kier molecular flexibility index (Phi) is 4.71. The third-order valence-corrected chi connectivity index (χ3v) is 6.57. The summed E-state index contributed by atoms with van der Waals surface area (Å²) in [5.41, 5.74) is 2.34. The molecule has 1 N–H and O–H groups in total. The second-order valence-electron chi connectivity index (χ2n) is 10.0. The van der Waals surface area contributed by atoms with E-state index in [1.54, 1.807) is 4.90 Å². The smallest absolute Gasteiger partial charge is 0.323 e. The van der Waals surface area contributed by atoms with Crippen molar-refractivity contribution >= 4 is 23.5 Å². The van der Waals surface area contributed by atoms with Crippen molar-refractivity contribution in [1.29, 1.82) is 0 Å². The van der Waals surface area contributed by atoms with Gasteiger partial charge in [0.2, 0.25) is 5.91 Å². The maximum atomic E-state index is 13.3. The van der Waals surface area contributed by atoms with Gasteiger partial charge in [0.15, 0.2) is 0 Å². The van der Waals surface area contributed by atoms with Crippen LogP contribution in [0.1, 0.15) is 57.6 Å². The van der Waals surface area contributed by atoms with E-state index in [0.29, 0.717) is 25.3 Å². The van der Waals surface area contributed by atoms with Crippen LogP contribution >= 0.6 is 0 Å². The number of carbonyl (C=O) groups is 3. The molecule has 2 fully saturated rings. The molecule has 0 aromatic heterocycles. The molecule has 2 atom stereocenters. The number of carbonyl (C=O) groups excluding carboxylic acids is 3. The normalized spacial score (nSPS) is 28.5. The van der Waals surface area contributed by atoms with E-state index in [0.717, 1.165) is 35.4 Å². The number of nitrogens with zero attached hydrogens (tertiary/aromatic N) is 2. The molecular formula is C23H31N3O3. The van der Waals surface area contributed by atoms with Gasteiger partial charge in [-0.15, -0.1) is 0 Å². The SMILES string of the molecule is Cc1ccc2c(c1)CCCN2C(=O)CN1C(=O)N[C@@]2(C[C@@H](C)CC(C)(C)C2)C1=O. The quantitative estimate of drug-likeness (QED) is 0.778. The van der Waals surface area contributed by atoms with Crippen LogP contribution < -0.4 is 10.2 Å². The average Bonchev–Trinajstić information content (AvgIpc) is 2.82. The predicted octanol–water partition coefficient (Wildman–Crippen LogP) is 3.41. The van der Waals surface area contributed by atoms with E-state index in [4.69, 9.17) is 0 Å². The summed E-state index contributed by atoms with van der Waals surface area (Å²) >= 11 is 0. The second-order valence-corrected chi connectivity index (χ2v) is 10.0. The van der Waals surface area contributed by atoms with Crippen LogP contribution in [-0.2, 0) is 16.0 Å². The maximum absolute atomic E-state index is 13.3. The molecule has 4 rings (SSSR count). The molecule has 2 aliphatic heterocycles. The van der Waals surface area contributed by atoms with Crippen molar-refractivity contribution in [3.05, 3.63) is 29.3 Å². The van der Waals surface area contributed by atoms with Gasteiger partial charge in [0.05, 0.1) is 0 Å². The molecule has 156 valence electrons. The van der Waals surface area contributed by atoms with Crippen molar-refractivity contribution in [2.75, 3.05) is 18.0 Å². The molecule has 1 spiro atoms. The lowest BCUT2D eigenvalue weighted by molar-refractivity contribution is -0.137. The molecule has 0 unspecified atom stereocenters. The van der Waals surface area contributed by atoms with E-state index in [2.05, 4.69) is 32.2 Å². The van der Waals surface area contributed by atoms with E-state index < -0.39 is 11.6 Å². The zero-order chi connectivity index (χ0) is 21.0. The van der Waals surface area contributed by atoms with Crippen LogP contribution in [0, 0.1) is 18.3 Å². The number of fused-ring (bicyclic) bond motifs is 1. The highest BCUT2D eigenvalue weighted by Gasteiger charge is 2.56. The van der Waals surface area contributed by atoms with Gasteiger partial charge in [-0.3, -0.25) is 14.5 Å². The minimum absolute atomic E-state index is 0.0235. The molecule has 6 heteroatoms. The molecule has 1 saturated heterocycles. The Bertz CT molecular complexity index is 878. The monoisotopic (exact) mass is 397 g/mol. The van der Waals surface area contributed by atoms with Crippen molar-refractivity contribution in [3.63, 3.8) is 0 Å². The molecule has 1 aliphatic carbocycles. The summed E-state index contributed by atoms with van der Waals surface area (Å²) < 4.78 is 0. The number of hydrogen-bond donors (Lipinski definition) is 1. The molecule has 29 heavy (non-hydrogen) atoms. The van der Waals surface area contributed by atoms with Crippen LogP contribution in [0.4, 0.5) is 10.5 Å². The Morgan fingerprint density at radius 1 is 1.24 bits per heavy atom. The number of anilines is 1. The van der Waals surface area contributed by atoms with Gasteiger partial charge >= 0.3 is 6.03 Å². The van der Waals surface area contributed by atoms with Gasteiger partial charge in [-0.25, -0.2) is 4.79 Å². The molecule has 0 bridgehead atoms. The predicted molar refractivity (Wildman–Crippen MR) is 112 cm³/mol. The zero-order valence-electron chi connectivity index (χ0n) is 17.9. The molecule has 0 radical (unpaired) electrons. The minimum atomic E-state index is -0.866. The van der Waals surface area contributed by atoms with Gasteiger partial charge in [0, 0.05) is 12.2 Å². The number of rotatable bonds is 2. The van der Waals surface area contributed by atoms with Crippen molar-refractivity contribution in [2.24, 2.45) is 11.3 Å². The number of benzene rings is 1. The summed E-state index contributed by atoms with van der Waals surface area (Å²) in [5, 5.41) is 2.96. The first-order valence-electron chi connectivity index (χ1n) is 10.6. The Balaban J connectivity index is 1.54. The second kappa shape index (κ2) is 6.85. The van der Waals surface area contributed by atoms with Gasteiger partial charge < -0.3 is 10.2 Å². The number of nitrogens with one attached hydrogen (secondary N) is 1.